The van der Waals surface area contributed by atoms with E-state index in [0.29, 0.717) is 12.2 Å². The van der Waals surface area contributed by atoms with E-state index in [0.717, 1.165) is 26.9 Å². The molecule has 0 saturated heterocycles. The van der Waals surface area contributed by atoms with Crippen LogP contribution >= 0.6 is 15.9 Å². The number of nitrogens with zero attached hydrogens (tertiary/aromatic N) is 1. The topological polar surface area (TPSA) is 32.3 Å². The number of halogens is 1. The van der Waals surface area contributed by atoms with E-state index in [1.54, 1.807) is 6.20 Å². The summed E-state index contributed by atoms with van der Waals surface area (Å²) < 4.78 is 1.04. The van der Waals surface area contributed by atoms with E-state index in [2.05, 4.69) is 27.3 Å². The Balaban J connectivity index is 1.75. The lowest BCUT2D eigenvalue weighted by Crippen LogP contribution is -2.14. The molecule has 2 aliphatic heterocycles. The fourth-order valence-corrected chi connectivity index (χ4v) is 3.23. The Bertz CT molecular complexity index is 824. The van der Waals surface area contributed by atoms with Crippen LogP contribution in [-0.4, -0.2) is 10.7 Å². The van der Waals surface area contributed by atoms with Crippen molar-refractivity contribution in [2.75, 3.05) is 5.32 Å². The Morgan fingerprint density at radius 3 is 2.73 bits per heavy atom. The van der Waals surface area contributed by atoms with Crippen molar-refractivity contribution in [2.24, 2.45) is 0 Å². The minimum Gasteiger partial charge on any atom is -0.359 e. The highest BCUT2D eigenvalue weighted by molar-refractivity contribution is 9.10. The molecule has 0 radical (unpaired) electrons. The fraction of sp³-hybridized carbons (Fsp3) is 0.0556. The second kappa shape index (κ2) is 5.14. The predicted molar refractivity (Wildman–Crippen MR) is 90.8 cm³/mol. The van der Waals surface area contributed by atoms with Gasteiger partial charge in [0.25, 0.3) is 0 Å². The molecule has 0 aliphatic carbocycles. The number of carbonyl (C=O) groups excluding carboxylic acids is 1. The lowest BCUT2D eigenvalue weighted by atomic mass is 10.0. The number of rotatable bonds is 1. The average Bonchev–Trinajstić information content (AvgIpc) is 2.73. The second-order valence-electron chi connectivity index (χ2n) is 5.34. The van der Waals surface area contributed by atoms with Gasteiger partial charge in [0.05, 0.1) is 0 Å². The highest BCUT2D eigenvalue weighted by atomic mass is 79.9. The number of carbonyl (C=O) groups is 1. The summed E-state index contributed by atoms with van der Waals surface area (Å²) in [6.45, 7) is 0.676. The predicted octanol–water partition coefficient (Wildman–Crippen LogP) is 4.14. The van der Waals surface area contributed by atoms with Crippen molar-refractivity contribution in [1.82, 2.24) is 4.90 Å². The van der Waals surface area contributed by atoms with Gasteiger partial charge in [-0.05, 0) is 29.3 Å². The number of benzene rings is 2. The number of hydrogen-bond donors (Lipinski definition) is 1. The summed E-state index contributed by atoms with van der Waals surface area (Å²) in [5, 5.41) is 3.25. The highest BCUT2D eigenvalue weighted by Gasteiger charge is 2.30. The van der Waals surface area contributed by atoms with Crippen LogP contribution in [0.5, 0.6) is 0 Å². The molecule has 2 aromatic rings. The van der Waals surface area contributed by atoms with Crippen molar-refractivity contribution < 1.29 is 4.79 Å². The zero-order valence-corrected chi connectivity index (χ0v) is 13.3. The van der Waals surface area contributed by atoms with E-state index in [9.17, 15) is 4.79 Å². The third-order valence-electron chi connectivity index (χ3n) is 3.93. The van der Waals surface area contributed by atoms with Crippen LogP contribution in [0.1, 0.15) is 11.1 Å². The van der Waals surface area contributed by atoms with Crippen molar-refractivity contribution in [2.45, 2.75) is 6.54 Å². The SMILES string of the molecule is O=C1C(c2ccccc2)=CN2Cc3cc(Br)ccc3NC=C12. The first-order valence-corrected chi connectivity index (χ1v) is 7.85. The summed E-state index contributed by atoms with van der Waals surface area (Å²) in [5.41, 5.74) is 4.57. The van der Waals surface area contributed by atoms with E-state index in [1.165, 1.54) is 0 Å². The summed E-state index contributed by atoms with van der Waals surface area (Å²) in [6, 6.07) is 15.9. The molecule has 4 heteroatoms. The van der Waals surface area contributed by atoms with Gasteiger partial charge in [0.1, 0.15) is 5.70 Å². The molecule has 0 atom stereocenters. The van der Waals surface area contributed by atoms with E-state index in [1.807, 2.05) is 53.6 Å². The lowest BCUT2D eigenvalue weighted by molar-refractivity contribution is -0.111. The normalized spacial score (nSPS) is 16.2. The molecule has 3 nitrogen and oxygen atoms in total. The van der Waals surface area contributed by atoms with Crippen molar-refractivity contribution in [3.05, 3.63) is 82.2 Å². The summed E-state index contributed by atoms with van der Waals surface area (Å²) in [7, 11) is 0. The van der Waals surface area contributed by atoms with Gasteiger partial charge in [0.2, 0.25) is 5.78 Å². The first kappa shape index (κ1) is 13.3. The molecule has 2 aliphatic rings. The maximum absolute atomic E-state index is 12.7. The summed E-state index contributed by atoms with van der Waals surface area (Å²) in [5.74, 6) is 0.0607. The number of fused-ring (bicyclic) bond motifs is 2. The maximum Gasteiger partial charge on any atom is 0.212 e. The molecule has 0 amide bonds. The third-order valence-corrected chi connectivity index (χ3v) is 4.42. The molecule has 108 valence electrons. The van der Waals surface area contributed by atoms with Crippen molar-refractivity contribution in [1.29, 1.82) is 0 Å². The zero-order valence-electron chi connectivity index (χ0n) is 11.7. The summed E-state index contributed by atoms with van der Waals surface area (Å²) in [4.78, 5) is 14.7. The largest absolute Gasteiger partial charge is 0.359 e. The molecule has 0 saturated carbocycles. The number of ketones is 1. The van der Waals surface area contributed by atoms with E-state index >= 15 is 0 Å². The average molecular weight is 353 g/mol. The Hall–Kier alpha value is -2.33. The molecule has 22 heavy (non-hydrogen) atoms. The quantitative estimate of drug-likeness (QED) is 0.836. The van der Waals surface area contributed by atoms with Gasteiger partial charge in [-0.15, -0.1) is 0 Å². The number of hydrogen-bond acceptors (Lipinski definition) is 3. The van der Waals surface area contributed by atoms with Gasteiger partial charge < -0.3 is 10.2 Å². The van der Waals surface area contributed by atoms with Gasteiger partial charge in [-0.2, -0.15) is 0 Å². The second-order valence-corrected chi connectivity index (χ2v) is 6.26. The molecule has 4 rings (SSSR count). The molecular weight excluding hydrogens is 340 g/mol. The van der Waals surface area contributed by atoms with Crippen LogP contribution in [0.4, 0.5) is 5.69 Å². The van der Waals surface area contributed by atoms with Gasteiger partial charge in [-0.3, -0.25) is 4.79 Å². The van der Waals surface area contributed by atoms with Crippen LogP contribution in [-0.2, 0) is 11.3 Å². The highest BCUT2D eigenvalue weighted by Crippen LogP contribution is 2.34. The molecule has 0 fully saturated rings. The molecule has 0 aromatic heterocycles. The minimum absolute atomic E-state index is 0.0607. The summed E-state index contributed by atoms with van der Waals surface area (Å²) >= 11 is 3.50. The smallest absolute Gasteiger partial charge is 0.212 e. The van der Waals surface area contributed by atoms with Crippen LogP contribution in [0, 0.1) is 0 Å². The third kappa shape index (κ3) is 2.16. The van der Waals surface area contributed by atoms with Crippen LogP contribution in [0.25, 0.3) is 5.57 Å². The summed E-state index contributed by atoms with van der Waals surface area (Å²) in [6.07, 6.45) is 3.75. The Morgan fingerprint density at radius 1 is 1.09 bits per heavy atom. The van der Waals surface area contributed by atoms with Crippen LogP contribution in [0.3, 0.4) is 0 Å². The van der Waals surface area contributed by atoms with E-state index in [4.69, 9.17) is 0 Å². The molecule has 0 unspecified atom stereocenters. The zero-order chi connectivity index (χ0) is 15.1. The molecule has 0 bridgehead atoms. The van der Waals surface area contributed by atoms with Crippen molar-refractivity contribution >= 4 is 33.0 Å². The standard InChI is InChI=1S/C18H13BrN2O/c19-14-6-7-16-13(8-14)10-21-11-15(12-4-2-1-3-5-12)18(22)17(21)9-20-16/h1-9,11,20H,10H2. The number of nitrogens with one attached hydrogen (secondary N) is 1. The Kier molecular flexibility index (Phi) is 3.12. The first-order valence-electron chi connectivity index (χ1n) is 7.06. The lowest BCUT2D eigenvalue weighted by Gasteiger charge is -2.15. The van der Waals surface area contributed by atoms with Gasteiger partial charge in [-0.25, -0.2) is 0 Å². The van der Waals surface area contributed by atoms with Crippen LogP contribution in [0.2, 0.25) is 0 Å². The van der Waals surface area contributed by atoms with Gasteiger partial charge >= 0.3 is 0 Å². The molecule has 1 N–H and O–H groups in total. The Labute approximate surface area is 137 Å². The molecule has 0 spiro atoms. The minimum atomic E-state index is 0.0607. The molecular formula is C18H13BrN2O. The number of anilines is 1. The van der Waals surface area contributed by atoms with Crippen molar-refractivity contribution in [3.63, 3.8) is 0 Å². The van der Waals surface area contributed by atoms with Gasteiger partial charge in [0.15, 0.2) is 0 Å². The van der Waals surface area contributed by atoms with Crippen LogP contribution in [0.15, 0.2) is 71.1 Å². The van der Waals surface area contributed by atoms with Crippen LogP contribution < -0.4 is 5.32 Å². The van der Waals surface area contributed by atoms with E-state index in [-0.39, 0.29) is 5.78 Å². The maximum atomic E-state index is 12.7. The molecule has 2 aromatic carbocycles. The first-order chi connectivity index (χ1) is 10.7. The van der Waals surface area contributed by atoms with E-state index < -0.39 is 0 Å². The number of Topliss-reactive ketones (excluding diaryl/α,β-unsaturated/α-hetero) is 1. The van der Waals surface area contributed by atoms with Gasteiger partial charge in [-0.1, -0.05) is 46.3 Å². The van der Waals surface area contributed by atoms with Gasteiger partial charge in [0, 0.05) is 34.7 Å². The monoisotopic (exact) mass is 352 g/mol. The number of allylic oxidation sites excluding steroid dienone is 1. The fourth-order valence-electron chi connectivity index (χ4n) is 2.82. The molecule has 2 heterocycles. The Morgan fingerprint density at radius 2 is 1.91 bits per heavy atom. The van der Waals surface area contributed by atoms with Crippen molar-refractivity contribution in [3.8, 4) is 0 Å².